The van der Waals surface area contributed by atoms with Crippen molar-refractivity contribution in [2.45, 2.75) is 77.0 Å². The molecule has 4 saturated heterocycles. The zero-order valence-electron chi connectivity index (χ0n) is 33.0. The number of nitriles is 1. The third-order valence-corrected chi connectivity index (χ3v) is 14.0. The van der Waals surface area contributed by atoms with Crippen LogP contribution in [-0.4, -0.2) is 101 Å². The third kappa shape index (κ3) is 7.16. The number of rotatable bonds is 7. The Kier molecular flexibility index (Phi) is 10.0. The summed E-state index contributed by atoms with van der Waals surface area (Å²) in [5, 5.41) is 12.0. The molecule has 1 spiro atoms. The molecule has 5 amide bonds. The number of anilines is 2. The van der Waals surface area contributed by atoms with E-state index in [0.717, 1.165) is 66.3 Å². The number of carbonyl (C=O) groups excluding carboxylic acids is 6. The molecule has 4 fully saturated rings. The molecule has 13 nitrogen and oxygen atoms in total. The minimum atomic E-state index is -1.01. The molecule has 3 aromatic rings. The van der Waals surface area contributed by atoms with Crippen LogP contribution >= 0.6 is 11.6 Å². The molecule has 0 bridgehead atoms. The van der Waals surface area contributed by atoms with Crippen molar-refractivity contribution in [3.63, 3.8) is 0 Å². The van der Waals surface area contributed by atoms with Crippen molar-refractivity contribution in [3.8, 4) is 6.07 Å². The van der Waals surface area contributed by atoms with Crippen LogP contribution < -0.4 is 15.1 Å². The summed E-state index contributed by atoms with van der Waals surface area (Å²) < 4.78 is 0. The lowest BCUT2D eigenvalue weighted by Gasteiger charge is -2.40. The fraction of sp³-hybridized carbons (Fsp3) is 0.444. The Balaban J connectivity index is 0.739. The van der Waals surface area contributed by atoms with Crippen molar-refractivity contribution in [3.05, 3.63) is 93.0 Å². The number of halogens is 1. The number of amides is 5. The summed E-state index contributed by atoms with van der Waals surface area (Å²) in [5.41, 5.74) is 5.80. The summed E-state index contributed by atoms with van der Waals surface area (Å²) in [5.74, 6) is -2.18. The van der Waals surface area contributed by atoms with Gasteiger partial charge in [-0.25, -0.2) is 0 Å². The minimum absolute atomic E-state index is 0.0220. The Morgan fingerprint density at radius 1 is 0.864 bits per heavy atom. The molecule has 3 aromatic carbocycles. The van der Waals surface area contributed by atoms with Crippen LogP contribution in [0.3, 0.4) is 0 Å². The van der Waals surface area contributed by atoms with Gasteiger partial charge >= 0.3 is 0 Å². The Morgan fingerprint density at radius 3 is 2.12 bits per heavy atom. The zero-order chi connectivity index (χ0) is 41.2. The number of hydrogen-bond acceptors (Lipinski definition) is 10. The predicted molar refractivity (Wildman–Crippen MR) is 219 cm³/mol. The number of ketones is 1. The van der Waals surface area contributed by atoms with Gasteiger partial charge in [-0.05, 0) is 117 Å². The Bertz CT molecular complexity index is 2280. The highest BCUT2D eigenvalue weighted by Crippen LogP contribution is 2.46. The van der Waals surface area contributed by atoms with E-state index in [1.54, 1.807) is 18.2 Å². The van der Waals surface area contributed by atoms with Gasteiger partial charge in [0.1, 0.15) is 17.9 Å². The highest BCUT2D eigenvalue weighted by atomic mass is 35.5. The van der Waals surface area contributed by atoms with Crippen molar-refractivity contribution in [1.29, 1.82) is 5.26 Å². The van der Waals surface area contributed by atoms with Crippen LogP contribution in [0.2, 0.25) is 5.02 Å². The van der Waals surface area contributed by atoms with Gasteiger partial charge in [-0.15, -0.1) is 0 Å². The number of benzene rings is 3. The van der Waals surface area contributed by atoms with Crippen LogP contribution in [0.4, 0.5) is 11.4 Å². The molecular weight excluding hydrogens is 770 g/mol. The van der Waals surface area contributed by atoms with Crippen molar-refractivity contribution in [2.75, 3.05) is 49.1 Å². The number of fused-ring (bicyclic) bond motifs is 2. The molecule has 2 atom stereocenters. The van der Waals surface area contributed by atoms with Gasteiger partial charge < -0.3 is 14.7 Å². The number of nitrogens with zero attached hydrogens (tertiary/aromatic N) is 6. The van der Waals surface area contributed by atoms with Crippen molar-refractivity contribution in [2.24, 2.45) is 11.3 Å². The van der Waals surface area contributed by atoms with Crippen LogP contribution in [0.15, 0.2) is 54.6 Å². The van der Waals surface area contributed by atoms with Crippen molar-refractivity contribution >= 4 is 58.3 Å². The van der Waals surface area contributed by atoms with E-state index in [1.165, 1.54) is 0 Å². The molecule has 304 valence electrons. The summed E-state index contributed by atoms with van der Waals surface area (Å²) in [6, 6.07) is 18.6. The predicted octanol–water partition coefficient (Wildman–Crippen LogP) is 4.94. The minimum Gasteiger partial charge on any atom is -0.371 e. The van der Waals surface area contributed by atoms with Gasteiger partial charge in [0.15, 0.2) is 0 Å². The van der Waals surface area contributed by atoms with E-state index >= 15 is 0 Å². The first-order valence-corrected chi connectivity index (χ1v) is 21.0. The molecule has 1 N–H and O–H groups in total. The lowest BCUT2D eigenvalue weighted by molar-refractivity contribution is -0.136. The molecule has 6 aliphatic rings. The van der Waals surface area contributed by atoms with Gasteiger partial charge in [0, 0.05) is 81.1 Å². The van der Waals surface area contributed by atoms with Crippen molar-refractivity contribution < 1.29 is 28.8 Å². The van der Waals surface area contributed by atoms with Gasteiger partial charge in [-0.2, -0.15) is 5.26 Å². The van der Waals surface area contributed by atoms with Gasteiger partial charge in [-0.1, -0.05) is 11.6 Å². The Hall–Kier alpha value is -5.58. The summed E-state index contributed by atoms with van der Waals surface area (Å²) in [7, 11) is 0. The van der Waals surface area contributed by atoms with Gasteiger partial charge in [-0.3, -0.25) is 43.9 Å². The Morgan fingerprint density at radius 2 is 1.51 bits per heavy atom. The molecule has 6 heterocycles. The summed E-state index contributed by atoms with van der Waals surface area (Å²) >= 11 is 6.37. The van der Waals surface area contributed by atoms with Crippen LogP contribution in [0.5, 0.6) is 0 Å². The molecular formula is C45H46ClN7O6. The first kappa shape index (κ1) is 38.9. The lowest BCUT2D eigenvalue weighted by atomic mass is 9.76. The average Bonchev–Trinajstić information content (AvgIpc) is 3.86. The van der Waals surface area contributed by atoms with Gasteiger partial charge in [0.25, 0.3) is 17.7 Å². The number of Topliss-reactive ketones (excluding diaryl/α,β-unsaturated/α-hetero) is 1. The molecule has 0 aromatic heterocycles. The second kappa shape index (κ2) is 15.2. The number of piperidine rings is 3. The van der Waals surface area contributed by atoms with E-state index in [2.05, 4.69) is 28.1 Å². The molecule has 0 radical (unpaired) electrons. The second-order valence-electron chi connectivity index (χ2n) is 17.3. The summed E-state index contributed by atoms with van der Waals surface area (Å²) in [4.78, 5) is 87.3. The fourth-order valence-corrected chi connectivity index (χ4v) is 10.6. The maximum absolute atomic E-state index is 13.5. The SMILES string of the molecule is C[C@H]1CC2(CCN(c3ccc(C(=O)N4CCC(C(=O)CN5Cc6cc7c(cc6C5)C(=O)N(C5CCC(=O)NC5=O)C7=O)CC4)cc3)CC2)CN1c1ccc(C#N)c(Cl)c1. The van der Waals surface area contributed by atoms with E-state index in [9.17, 15) is 34.0 Å². The molecule has 59 heavy (non-hydrogen) atoms. The third-order valence-electron chi connectivity index (χ3n) is 13.6. The van der Waals surface area contributed by atoms with Crippen LogP contribution in [-0.2, 0) is 27.5 Å². The zero-order valence-corrected chi connectivity index (χ0v) is 33.8. The number of imide groups is 2. The topological polar surface area (TPSA) is 154 Å². The monoisotopic (exact) mass is 815 g/mol. The second-order valence-corrected chi connectivity index (χ2v) is 17.7. The molecule has 0 saturated carbocycles. The van der Waals surface area contributed by atoms with E-state index < -0.39 is 29.7 Å². The molecule has 9 rings (SSSR count). The van der Waals surface area contributed by atoms with Crippen molar-refractivity contribution in [1.82, 2.24) is 20.0 Å². The van der Waals surface area contributed by atoms with Crippen LogP contribution in [0, 0.1) is 22.7 Å². The normalized spacial score (nSPS) is 23.1. The number of hydrogen-bond donors (Lipinski definition) is 1. The highest BCUT2D eigenvalue weighted by molar-refractivity contribution is 6.32. The number of likely N-dealkylation sites (tertiary alicyclic amines) is 1. The van der Waals surface area contributed by atoms with E-state index in [0.29, 0.717) is 61.2 Å². The van der Waals surface area contributed by atoms with Crippen LogP contribution in [0.25, 0.3) is 0 Å². The number of carbonyl (C=O) groups is 6. The summed E-state index contributed by atoms with van der Waals surface area (Å²) in [6.45, 7) is 7.31. The van der Waals surface area contributed by atoms with Gasteiger partial charge in [0.05, 0.1) is 28.3 Å². The largest absolute Gasteiger partial charge is 0.371 e. The Labute approximate surface area is 347 Å². The molecule has 1 unspecified atom stereocenters. The summed E-state index contributed by atoms with van der Waals surface area (Å²) in [6.07, 6.45) is 4.63. The number of nitrogens with one attached hydrogen (secondary N) is 1. The quantitative estimate of drug-likeness (QED) is 0.325. The molecule has 6 aliphatic heterocycles. The standard InChI is InChI=1S/C45H46ClN7O6/c1-27-21-45(26-52(27)34-7-4-30(22-47)37(46)20-34)12-16-50(17-13-45)33-5-2-29(3-6-33)42(57)51-14-10-28(11-15-51)39(54)25-49-23-31-18-35-36(19-32(31)24-49)44(59)53(43(35)58)38-8-9-40(55)48-41(38)56/h2-7,18-20,27-28,38H,8-17,21,23-26H2,1H3,(H,48,55,56)/t27-,38?/m0/s1. The maximum atomic E-state index is 13.5. The van der Waals surface area contributed by atoms with Crippen LogP contribution in [0.1, 0.15) is 99.6 Å². The molecule has 0 aliphatic carbocycles. The fourth-order valence-electron chi connectivity index (χ4n) is 10.3. The smallest absolute Gasteiger partial charge is 0.262 e. The first-order valence-electron chi connectivity index (χ1n) is 20.6. The maximum Gasteiger partial charge on any atom is 0.262 e. The van der Waals surface area contributed by atoms with Gasteiger partial charge in [0.2, 0.25) is 11.8 Å². The lowest BCUT2D eigenvalue weighted by Crippen LogP contribution is -2.54. The van der Waals surface area contributed by atoms with E-state index in [1.807, 2.05) is 46.2 Å². The average molecular weight is 816 g/mol. The molecule has 14 heteroatoms. The van der Waals surface area contributed by atoms with E-state index in [4.69, 9.17) is 11.6 Å². The van der Waals surface area contributed by atoms with E-state index in [-0.39, 0.29) is 53.5 Å². The highest BCUT2D eigenvalue weighted by Gasteiger charge is 2.46. The first-order chi connectivity index (χ1) is 28.4.